The highest BCUT2D eigenvalue weighted by atomic mass is 32.2. The Morgan fingerprint density at radius 1 is 1.33 bits per heavy atom. The van der Waals surface area contributed by atoms with Crippen LogP contribution in [0.3, 0.4) is 0 Å². The van der Waals surface area contributed by atoms with Crippen LogP contribution in [0.1, 0.15) is 17.6 Å². The van der Waals surface area contributed by atoms with E-state index in [1.165, 1.54) is 34.4 Å². The highest BCUT2D eigenvalue weighted by Gasteiger charge is 2.13. The van der Waals surface area contributed by atoms with Crippen molar-refractivity contribution in [2.24, 2.45) is 0 Å². The first-order valence-electron chi connectivity index (χ1n) is 5.89. The predicted octanol–water partition coefficient (Wildman–Crippen LogP) is 1.88. The molecule has 0 saturated heterocycles. The number of hydrogen-bond donors (Lipinski definition) is 1. The summed E-state index contributed by atoms with van der Waals surface area (Å²) in [6, 6.07) is 0. The molecule has 0 bridgehead atoms. The van der Waals surface area contributed by atoms with Crippen LogP contribution in [0.4, 0.5) is 0 Å². The summed E-state index contributed by atoms with van der Waals surface area (Å²) in [4.78, 5) is 26.1. The average Bonchev–Trinajstić information content (AvgIpc) is 2.99. The minimum absolute atomic E-state index is 0.0959. The predicted molar refractivity (Wildman–Crippen MR) is 77.8 cm³/mol. The minimum atomic E-state index is -0.913. The highest BCUT2D eigenvalue weighted by molar-refractivity contribution is 8.02. The molecule has 0 saturated carbocycles. The second kappa shape index (κ2) is 7.48. The van der Waals surface area contributed by atoms with Gasteiger partial charge in [0.25, 0.3) is 0 Å². The van der Waals surface area contributed by atoms with Gasteiger partial charge in [-0.2, -0.15) is 0 Å². The summed E-state index contributed by atoms with van der Waals surface area (Å²) in [5, 5.41) is 18.9. The van der Waals surface area contributed by atoms with Crippen molar-refractivity contribution >= 4 is 46.4 Å². The molecule has 10 heteroatoms. The molecule has 2 aromatic rings. The third kappa shape index (κ3) is 5.06. The molecule has 0 spiro atoms. The SMILES string of the molecule is CCOC(=O)Cc1nnc(Sc2nc(CC(=O)O)cs2)s1. The summed E-state index contributed by atoms with van der Waals surface area (Å²) in [6.07, 6.45) is 0.00941. The monoisotopic (exact) mass is 345 g/mol. The lowest BCUT2D eigenvalue weighted by atomic mass is 10.3. The van der Waals surface area contributed by atoms with Crippen molar-refractivity contribution in [3.05, 3.63) is 16.1 Å². The van der Waals surface area contributed by atoms with Gasteiger partial charge < -0.3 is 9.84 Å². The standard InChI is InChI=1S/C11H11N3O4S3/c1-2-18-9(17)4-7-13-14-11(20-7)21-10-12-6(5-19-10)3-8(15)16/h5H,2-4H2,1H3,(H,15,16). The fourth-order valence-corrected chi connectivity index (χ4v) is 4.25. The van der Waals surface area contributed by atoms with Crippen LogP contribution in [-0.2, 0) is 27.2 Å². The summed E-state index contributed by atoms with van der Waals surface area (Å²) in [5.74, 6) is -1.24. The Kier molecular flexibility index (Phi) is 5.65. The van der Waals surface area contributed by atoms with Crippen LogP contribution in [-0.4, -0.2) is 38.8 Å². The van der Waals surface area contributed by atoms with Crippen molar-refractivity contribution < 1.29 is 19.4 Å². The molecule has 21 heavy (non-hydrogen) atoms. The summed E-state index contributed by atoms with van der Waals surface area (Å²) in [5.41, 5.74) is 0.520. The largest absolute Gasteiger partial charge is 0.481 e. The second-order valence-corrected chi connectivity index (χ2v) is 7.14. The molecule has 0 amide bonds. The third-order valence-electron chi connectivity index (χ3n) is 2.09. The quantitative estimate of drug-likeness (QED) is 0.759. The van der Waals surface area contributed by atoms with Gasteiger partial charge in [-0.05, 0) is 18.7 Å². The topological polar surface area (TPSA) is 102 Å². The van der Waals surface area contributed by atoms with E-state index >= 15 is 0 Å². The van der Waals surface area contributed by atoms with Crippen molar-refractivity contribution in [2.45, 2.75) is 28.4 Å². The van der Waals surface area contributed by atoms with E-state index in [4.69, 9.17) is 9.84 Å². The Bertz CT molecular complexity index is 640. The summed E-state index contributed by atoms with van der Waals surface area (Å²) < 4.78 is 6.20. The molecule has 0 radical (unpaired) electrons. The number of nitrogens with zero attached hydrogens (tertiary/aromatic N) is 3. The molecule has 0 aliphatic carbocycles. The summed E-state index contributed by atoms with van der Waals surface area (Å²) >= 11 is 3.95. The van der Waals surface area contributed by atoms with Crippen LogP contribution in [0, 0.1) is 0 Å². The molecule has 0 aromatic carbocycles. The first kappa shape index (κ1) is 15.9. The van der Waals surface area contributed by atoms with E-state index in [9.17, 15) is 9.59 Å². The summed E-state index contributed by atoms with van der Waals surface area (Å²) in [6.45, 7) is 2.08. The molecular weight excluding hydrogens is 334 g/mol. The van der Waals surface area contributed by atoms with E-state index in [-0.39, 0.29) is 18.8 Å². The maximum Gasteiger partial charge on any atom is 0.312 e. The van der Waals surface area contributed by atoms with E-state index in [0.29, 0.717) is 26.0 Å². The molecular formula is C11H11N3O4S3. The van der Waals surface area contributed by atoms with Gasteiger partial charge in [0.2, 0.25) is 0 Å². The van der Waals surface area contributed by atoms with Crippen LogP contribution >= 0.6 is 34.4 Å². The van der Waals surface area contributed by atoms with Crippen molar-refractivity contribution in [1.29, 1.82) is 0 Å². The van der Waals surface area contributed by atoms with Crippen molar-refractivity contribution in [2.75, 3.05) is 6.61 Å². The van der Waals surface area contributed by atoms with Crippen molar-refractivity contribution in [3.8, 4) is 0 Å². The van der Waals surface area contributed by atoms with E-state index in [1.807, 2.05) is 0 Å². The fraction of sp³-hybridized carbons (Fsp3) is 0.364. The molecule has 0 aliphatic rings. The lowest BCUT2D eigenvalue weighted by molar-refractivity contribution is -0.142. The van der Waals surface area contributed by atoms with Gasteiger partial charge in [0.15, 0.2) is 8.68 Å². The van der Waals surface area contributed by atoms with Gasteiger partial charge in [0, 0.05) is 5.38 Å². The molecule has 112 valence electrons. The molecule has 0 fully saturated rings. The normalized spacial score (nSPS) is 10.5. The first-order chi connectivity index (χ1) is 10.1. The number of carboxylic acid groups (broad SMARTS) is 1. The van der Waals surface area contributed by atoms with E-state index in [1.54, 1.807) is 12.3 Å². The van der Waals surface area contributed by atoms with Crippen molar-refractivity contribution in [1.82, 2.24) is 15.2 Å². The van der Waals surface area contributed by atoms with Gasteiger partial charge in [0.05, 0.1) is 25.1 Å². The van der Waals surface area contributed by atoms with Gasteiger partial charge in [-0.25, -0.2) is 4.98 Å². The Balaban J connectivity index is 1.94. The third-order valence-corrected chi connectivity index (χ3v) is 5.05. The van der Waals surface area contributed by atoms with Gasteiger partial charge >= 0.3 is 11.9 Å². The molecule has 2 aromatic heterocycles. The maximum atomic E-state index is 11.3. The Morgan fingerprint density at radius 2 is 2.14 bits per heavy atom. The minimum Gasteiger partial charge on any atom is -0.481 e. The highest BCUT2D eigenvalue weighted by Crippen LogP contribution is 2.32. The zero-order chi connectivity index (χ0) is 15.2. The number of esters is 1. The smallest absolute Gasteiger partial charge is 0.312 e. The number of hydrogen-bond acceptors (Lipinski definition) is 9. The fourth-order valence-electron chi connectivity index (χ4n) is 1.33. The van der Waals surface area contributed by atoms with Crippen LogP contribution in [0.2, 0.25) is 0 Å². The number of rotatable bonds is 7. The first-order valence-corrected chi connectivity index (χ1v) is 8.40. The Morgan fingerprint density at radius 3 is 2.86 bits per heavy atom. The Labute approximate surface area is 132 Å². The number of carbonyl (C=O) groups excluding carboxylic acids is 1. The number of aliphatic carboxylic acids is 1. The van der Waals surface area contributed by atoms with E-state index in [0.717, 1.165) is 0 Å². The number of carbonyl (C=O) groups is 2. The maximum absolute atomic E-state index is 11.3. The van der Waals surface area contributed by atoms with E-state index < -0.39 is 5.97 Å². The average molecular weight is 345 g/mol. The van der Waals surface area contributed by atoms with Crippen LogP contribution in [0.25, 0.3) is 0 Å². The molecule has 0 atom stereocenters. The van der Waals surface area contributed by atoms with Crippen LogP contribution in [0.15, 0.2) is 14.1 Å². The molecule has 2 rings (SSSR count). The zero-order valence-electron chi connectivity index (χ0n) is 10.9. The van der Waals surface area contributed by atoms with Crippen LogP contribution < -0.4 is 0 Å². The number of thiazole rings is 1. The van der Waals surface area contributed by atoms with Gasteiger partial charge in [0.1, 0.15) is 5.01 Å². The molecule has 0 aliphatic heterocycles. The molecule has 0 unspecified atom stereocenters. The number of carboxylic acids is 1. The van der Waals surface area contributed by atoms with Gasteiger partial charge in [-0.3, -0.25) is 9.59 Å². The van der Waals surface area contributed by atoms with E-state index in [2.05, 4.69) is 15.2 Å². The molecule has 7 nitrogen and oxygen atoms in total. The number of aromatic nitrogens is 3. The lowest BCUT2D eigenvalue weighted by Crippen LogP contribution is -2.07. The second-order valence-electron chi connectivity index (χ2n) is 3.72. The van der Waals surface area contributed by atoms with Crippen LogP contribution in [0.5, 0.6) is 0 Å². The van der Waals surface area contributed by atoms with Gasteiger partial charge in [-0.15, -0.1) is 21.5 Å². The van der Waals surface area contributed by atoms with Gasteiger partial charge in [-0.1, -0.05) is 11.3 Å². The molecule has 2 heterocycles. The molecule has 1 N–H and O–H groups in total. The number of ether oxygens (including phenoxy) is 1. The lowest BCUT2D eigenvalue weighted by Gasteiger charge is -1.96. The summed E-state index contributed by atoms with van der Waals surface area (Å²) in [7, 11) is 0. The van der Waals surface area contributed by atoms with Crippen molar-refractivity contribution in [3.63, 3.8) is 0 Å². The zero-order valence-corrected chi connectivity index (χ0v) is 13.4. The Hall–Kier alpha value is -1.52.